The second-order valence-corrected chi connectivity index (χ2v) is 8.99. The third-order valence-electron chi connectivity index (χ3n) is 5.96. The molecule has 0 aliphatic carbocycles. The van der Waals surface area contributed by atoms with Crippen molar-refractivity contribution in [2.75, 3.05) is 46.8 Å². The molecule has 9 nitrogen and oxygen atoms in total. The topological polar surface area (TPSA) is 90.8 Å². The van der Waals surface area contributed by atoms with E-state index in [2.05, 4.69) is 10.4 Å². The summed E-state index contributed by atoms with van der Waals surface area (Å²) < 4.78 is 1.65. The van der Waals surface area contributed by atoms with Crippen molar-refractivity contribution < 1.29 is 14.4 Å². The Kier molecular flexibility index (Phi) is 8.81. The molecule has 0 unspecified atom stereocenters. The van der Waals surface area contributed by atoms with Gasteiger partial charge in [0, 0.05) is 58.3 Å². The number of benzene rings is 1. The zero-order valence-corrected chi connectivity index (χ0v) is 20.7. The van der Waals surface area contributed by atoms with E-state index < -0.39 is 0 Å². The molecule has 1 N–H and O–H groups in total. The zero-order valence-electron chi connectivity index (χ0n) is 20.7. The fourth-order valence-corrected chi connectivity index (χ4v) is 3.91. The smallest absolute Gasteiger partial charge is 0.274 e. The highest BCUT2D eigenvalue weighted by Crippen LogP contribution is 2.18. The number of likely N-dealkylation sites (N-methyl/N-ethyl adjacent to an activating group) is 1. The average molecular weight is 469 g/mol. The van der Waals surface area contributed by atoms with Crippen molar-refractivity contribution in [3.8, 4) is 0 Å². The lowest BCUT2D eigenvalue weighted by Gasteiger charge is -2.20. The first kappa shape index (κ1) is 25.4. The number of nitrogens with zero attached hydrogens (tertiary/aromatic N) is 5. The minimum Gasteiger partial charge on any atom is -0.355 e. The molecule has 184 valence electrons. The average Bonchev–Trinajstić information content (AvgIpc) is 3.17. The first-order chi connectivity index (χ1) is 16.3. The van der Waals surface area contributed by atoms with Crippen molar-refractivity contribution in [1.29, 1.82) is 0 Å². The van der Waals surface area contributed by atoms with E-state index in [9.17, 15) is 14.4 Å². The van der Waals surface area contributed by atoms with Crippen molar-refractivity contribution in [2.24, 2.45) is 0 Å². The number of amides is 3. The number of hydrogen-bond acceptors (Lipinski definition) is 5. The van der Waals surface area contributed by atoms with Crippen molar-refractivity contribution in [3.63, 3.8) is 0 Å². The van der Waals surface area contributed by atoms with E-state index in [0.29, 0.717) is 45.0 Å². The first-order valence-electron chi connectivity index (χ1n) is 11.9. The van der Waals surface area contributed by atoms with Crippen molar-refractivity contribution in [1.82, 2.24) is 29.8 Å². The molecule has 0 radical (unpaired) electrons. The van der Waals surface area contributed by atoms with Crippen LogP contribution in [0.4, 0.5) is 0 Å². The summed E-state index contributed by atoms with van der Waals surface area (Å²) in [6, 6.07) is 9.75. The van der Waals surface area contributed by atoms with Gasteiger partial charge >= 0.3 is 0 Å². The molecule has 0 bridgehead atoms. The molecule has 9 heteroatoms. The van der Waals surface area contributed by atoms with Crippen LogP contribution in [0.5, 0.6) is 0 Å². The molecule has 0 fully saturated rings. The molecular formula is C25H36N6O3. The molecule has 1 aromatic carbocycles. The van der Waals surface area contributed by atoms with Gasteiger partial charge in [0.25, 0.3) is 11.8 Å². The highest BCUT2D eigenvalue weighted by molar-refractivity contribution is 5.98. The maximum atomic E-state index is 13.2. The summed E-state index contributed by atoms with van der Waals surface area (Å²) in [5.74, 6) is -0.467. The van der Waals surface area contributed by atoms with Gasteiger partial charge in [-0.05, 0) is 39.9 Å². The van der Waals surface area contributed by atoms with Crippen LogP contribution in [0.25, 0.3) is 0 Å². The quantitative estimate of drug-likeness (QED) is 0.574. The predicted octanol–water partition coefficient (Wildman–Crippen LogP) is 1.77. The van der Waals surface area contributed by atoms with Crippen LogP contribution >= 0.6 is 0 Å². The predicted molar refractivity (Wildman–Crippen MR) is 131 cm³/mol. The summed E-state index contributed by atoms with van der Waals surface area (Å²) in [7, 11) is 3.89. The first-order valence-corrected chi connectivity index (χ1v) is 11.9. The summed E-state index contributed by atoms with van der Waals surface area (Å²) in [5.41, 5.74) is 2.93. The highest BCUT2D eigenvalue weighted by Gasteiger charge is 2.27. The molecule has 1 aromatic heterocycles. The lowest BCUT2D eigenvalue weighted by atomic mass is 10.1. The minimum atomic E-state index is -0.262. The Morgan fingerprint density at radius 2 is 1.85 bits per heavy atom. The number of nitrogens with one attached hydrogen (secondary N) is 1. The fraction of sp³-hybridized carbons (Fsp3) is 0.520. The lowest BCUT2D eigenvalue weighted by Crippen LogP contribution is -2.37. The van der Waals surface area contributed by atoms with Crippen LogP contribution in [0.15, 0.2) is 30.3 Å². The normalized spacial score (nSPS) is 13.6. The Morgan fingerprint density at radius 3 is 2.53 bits per heavy atom. The molecule has 34 heavy (non-hydrogen) atoms. The van der Waals surface area contributed by atoms with Gasteiger partial charge in [0.15, 0.2) is 5.69 Å². The Labute approximate surface area is 201 Å². The van der Waals surface area contributed by atoms with E-state index in [0.717, 1.165) is 18.5 Å². The lowest BCUT2D eigenvalue weighted by molar-refractivity contribution is -0.121. The van der Waals surface area contributed by atoms with E-state index in [1.807, 2.05) is 62.0 Å². The summed E-state index contributed by atoms with van der Waals surface area (Å²) >= 11 is 0. The molecule has 1 aliphatic rings. The van der Waals surface area contributed by atoms with Gasteiger partial charge in [0.1, 0.15) is 5.69 Å². The minimum absolute atomic E-state index is 0.0874. The van der Waals surface area contributed by atoms with E-state index >= 15 is 0 Å². The van der Waals surface area contributed by atoms with Crippen LogP contribution in [-0.2, 0) is 17.9 Å². The Hall–Kier alpha value is -3.20. The Morgan fingerprint density at radius 1 is 1.12 bits per heavy atom. The van der Waals surface area contributed by atoms with Gasteiger partial charge in [-0.1, -0.05) is 29.8 Å². The van der Waals surface area contributed by atoms with E-state index in [1.165, 1.54) is 5.56 Å². The zero-order chi connectivity index (χ0) is 24.7. The van der Waals surface area contributed by atoms with Gasteiger partial charge < -0.3 is 20.0 Å². The van der Waals surface area contributed by atoms with Crippen molar-refractivity contribution in [2.45, 2.75) is 39.8 Å². The van der Waals surface area contributed by atoms with Crippen LogP contribution < -0.4 is 5.32 Å². The number of rotatable bonds is 10. The maximum Gasteiger partial charge on any atom is 0.274 e. The van der Waals surface area contributed by atoms with E-state index in [1.54, 1.807) is 15.6 Å². The third-order valence-corrected chi connectivity index (χ3v) is 5.96. The number of fused-ring (bicyclic) bond motifs is 1. The summed E-state index contributed by atoms with van der Waals surface area (Å²) in [6.45, 7) is 7.75. The van der Waals surface area contributed by atoms with Crippen molar-refractivity contribution >= 4 is 17.7 Å². The number of hydrogen-bond donors (Lipinski definition) is 1. The van der Waals surface area contributed by atoms with Crippen LogP contribution in [0.1, 0.15) is 51.9 Å². The molecule has 2 aromatic rings. The van der Waals surface area contributed by atoms with Crippen molar-refractivity contribution in [3.05, 3.63) is 52.8 Å². The van der Waals surface area contributed by atoms with Crippen LogP contribution in [0.2, 0.25) is 0 Å². The SMILES string of the molecule is CCN(CCC(=O)NCCN(C)C)C(=O)c1cc2n(n1)CCCN(Cc1ccc(C)cc1)C2=O. The van der Waals surface area contributed by atoms with Gasteiger partial charge in [0.05, 0.1) is 0 Å². The molecule has 1 aliphatic heterocycles. The molecule has 0 spiro atoms. The summed E-state index contributed by atoms with van der Waals surface area (Å²) in [6.07, 6.45) is 0.994. The van der Waals surface area contributed by atoms with E-state index in [4.69, 9.17) is 0 Å². The third kappa shape index (κ3) is 6.66. The highest BCUT2D eigenvalue weighted by atomic mass is 16.2. The van der Waals surface area contributed by atoms with Gasteiger partial charge in [-0.2, -0.15) is 5.10 Å². The fourth-order valence-electron chi connectivity index (χ4n) is 3.91. The standard InChI is InChI=1S/C25H36N6O3/c1-5-29(15-11-23(32)26-12-16-28(3)4)24(33)21-17-22-25(34)30(13-6-14-31(22)27-21)18-20-9-7-19(2)8-10-20/h7-10,17H,5-6,11-16,18H2,1-4H3,(H,26,32). The Balaban J connectivity index is 1.64. The number of aryl methyl sites for hydroxylation is 2. The molecule has 0 saturated carbocycles. The molecule has 3 amide bonds. The molecule has 3 rings (SSSR count). The molecule has 0 atom stereocenters. The maximum absolute atomic E-state index is 13.2. The number of carbonyl (C=O) groups is 3. The monoisotopic (exact) mass is 468 g/mol. The molecule has 0 saturated heterocycles. The second kappa shape index (κ2) is 11.8. The van der Waals surface area contributed by atoms with Crippen LogP contribution in [0.3, 0.4) is 0 Å². The van der Waals surface area contributed by atoms with E-state index in [-0.39, 0.29) is 29.8 Å². The van der Waals surface area contributed by atoms with Gasteiger partial charge in [-0.3, -0.25) is 19.1 Å². The Bertz CT molecular complexity index is 999. The van der Waals surface area contributed by atoms with Gasteiger partial charge in [-0.25, -0.2) is 0 Å². The summed E-state index contributed by atoms with van der Waals surface area (Å²) in [4.78, 5) is 43.8. The largest absolute Gasteiger partial charge is 0.355 e. The molecular weight excluding hydrogens is 432 g/mol. The van der Waals surface area contributed by atoms with Gasteiger partial charge in [-0.15, -0.1) is 0 Å². The van der Waals surface area contributed by atoms with Crippen LogP contribution in [0, 0.1) is 6.92 Å². The van der Waals surface area contributed by atoms with Gasteiger partial charge in [0.2, 0.25) is 5.91 Å². The second-order valence-electron chi connectivity index (χ2n) is 8.99. The van der Waals surface area contributed by atoms with Crippen LogP contribution in [-0.4, -0.2) is 89.0 Å². The molecule has 2 heterocycles. The number of aromatic nitrogens is 2. The summed E-state index contributed by atoms with van der Waals surface area (Å²) in [5, 5.41) is 7.32. The number of carbonyl (C=O) groups excluding carboxylic acids is 3.